The number of anilines is 1. The molecular formula is C25H34N6. The van der Waals surface area contributed by atoms with Crippen molar-refractivity contribution in [2.24, 2.45) is 0 Å². The van der Waals surface area contributed by atoms with Crippen LogP contribution >= 0.6 is 0 Å². The summed E-state index contributed by atoms with van der Waals surface area (Å²) in [6, 6.07) is 17.3. The first kappa shape index (κ1) is 21.5. The molecule has 1 fully saturated rings. The van der Waals surface area contributed by atoms with E-state index in [4.69, 9.17) is 0 Å². The van der Waals surface area contributed by atoms with Crippen LogP contribution in [0, 0.1) is 13.8 Å². The molecule has 3 aromatic rings. The van der Waals surface area contributed by atoms with Crippen molar-refractivity contribution in [1.82, 2.24) is 25.1 Å². The maximum Gasteiger partial charge on any atom is 0.173 e. The minimum absolute atomic E-state index is 0.0442. The predicted molar refractivity (Wildman–Crippen MR) is 125 cm³/mol. The molecule has 6 heteroatoms. The molecule has 4 rings (SSSR count). The Labute approximate surface area is 185 Å². The minimum atomic E-state index is -0.133. The van der Waals surface area contributed by atoms with Gasteiger partial charge in [0.05, 0.1) is 11.6 Å². The summed E-state index contributed by atoms with van der Waals surface area (Å²) in [5.41, 5.74) is 5.19. The Hall–Kier alpha value is -2.73. The van der Waals surface area contributed by atoms with Gasteiger partial charge in [0, 0.05) is 31.9 Å². The highest BCUT2D eigenvalue weighted by Gasteiger charge is 2.34. The zero-order valence-corrected chi connectivity index (χ0v) is 19.4. The molecule has 0 aliphatic carbocycles. The molecule has 1 unspecified atom stereocenters. The Bertz CT molecular complexity index is 1000. The lowest BCUT2D eigenvalue weighted by Gasteiger charge is -2.41. The maximum atomic E-state index is 4.53. The van der Waals surface area contributed by atoms with E-state index < -0.39 is 0 Å². The SMILES string of the molecule is CCC(C)(C)n1nnnc1C(c1ccccc1)N1CCN(c2cccc(C)c2C)CC1. The van der Waals surface area contributed by atoms with Crippen LogP contribution in [0.1, 0.15) is 55.7 Å². The number of benzene rings is 2. The van der Waals surface area contributed by atoms with Crippen LogP contribution in [0.2, 0.25) is 0 Å². The van der Waals surface area contributed by atoms with Crippen molar-refractivity contribution in [3.63, 3.8) is 0 Å². The Morgan fingerprint density at radius 2 is 1.65 bits per heavy atom. The Morgan fingerprint density at radius 1 is 0.935 bits per heavy atom. The third kappa shape index (κ3) is 4.22. The van der Waals surface area contributed by atoms with E-state index in [9.17, 15) is 0 Å². The van der Waals surface area contributed by atoms with E-state index in [2.05, 4.69) is 108 Å². The summed E-state index contributed by atoms with van der Waals surface area (Å²) >= 11 is 0. The second-order valence-electron chi connectivity index (χ2n) is 9.17. The van der Waals surface area contributed by atoms with Crippen molar-refractivity contribution < 1.29 is 0 Å². The standard InChI is InChI=1S/C25H34N6/c1-6-25(4,5)31-24(26-27-28-31)23(21-12-8-7-9-13-21)30-17-15-29(16-18-30)22-14-10-11-19(2)20(22)3/h7-14,23H,6,15-18H2,1-5H3. The van der Waals surface area contributed by atoms with E-state index in [1.165, 1.54) is 22.4 Å². The molecule has 2 aromatic carbocycles. The van der Waals surface area contributed by atoms with Gasteiger partial charge in [-0.3, -0.25) is 4.90 Å². The van der Waals surface area contributed by atoms with E-state index in [0.29, 0.717) is 0 Å². The zero-order valence-electron chi connectivity index (χ0n) is 19.4. The number of piperazine rings is 1. The van der Waals surface area contributed by atoms with Gasteiger partial charge in [0.15, 0.2) is 5.82 Å². The number of hydrogen-bond donors (Lipinski definition) is 0. The Balaban J connectivity index is 1.63. The molecule has 2 heterocycles. The van der Waals surface area contributed by atoms with E-state index in [1.54, 1.807) is 0 Å². The van der Waals surface area contributed by atoms with Crippen LogP contribution in [0.25, 0.3) is 0 Å². The molecular weight excluding hydrogens is 384 g/mol. The Kier molecular flexibility index (Phi) is 6.10. The highest BCUT2D eigenvalue weighted by Crippen LogP contribution is 2.32. The van der Waals surface area contributed by atoms with Crippen LogP contribution in [0.5, 0.6) is 0 Å². The van der Waals surface area contributed by atoms with Gasteiger partial charge in [0.25, 0.3) is 0 Å². The summed E-state index contributed by atoms with van der Waals surface area (Å²) in [5.74, 6) is 0.929. The smallest absolute Gasteiger partial charge is 0.173 e. The van der Waals surface area contributed by atoms with Crippen LogP contribution in [0.15, 0.2) is 48.5 Å². The number of tetrazole rings is 1. The van der Waals surface area contributed by atoms with Gasteiger partial charge in [0.2, 0.25) is 0 Å². The molecule has 1 saturated heterocycles. The van der Waals surface area contributed by atoms with Gasteiger partial charge in [-0.25, -0.2) is 4.68 Å². The molecule has 0 saturated carbocycles. The lowest BCUT2D eigenvalue weighted by Crippen LogP contribution is -2.49. The summed E-state index contributed by atoms with van der Waals surface area (Å²) in [6.07, 6.45) is 0.965. The highest BCUT2D eigenvalue weighted by molar-refractivity contribution is 5.56. The zero-order chi connectivity index (χ0) is 22.0. The Morgan fingerprint density at radius 3 is 2.32 bits per heavy atom. The molecule has 1 aromatic heterocycles. The van der Waals surface area contributed by atoms with Crippen LogP contribution in [-0.2, 0) is 5.54 Å². The molecule has 1 atom stereocenters. The maximum absolute atomic E-state index is 4.53. The fourth-order valence-electron chi connectivity index (χ4n) is 4.40. The van der Waals surface area contributed by atoms with Crippen LogP contribution < -0.4 is 4.90 Å². The molecule has 1 aliphatic heterocycles. The lowest BCUT2D eigenvalue weighted by molar-refractivity contribution is 0.187. The second kappa shape index (κ2) is 8.79. The second-order valence-corrected chi connectivity index (χ2v) is 9.17. The van der Waals surface area contributed by atoms with E-state index in [-0.39, 0.29) is 11.6 Å². The quantitative estimate of drug-likeness (QED) is 0.596. The lowest BCUT2D eigenvalue weighted by atomic mass is 9.99. The third-order valence-corrected chi connectivity index (χ3v) is 6.89. The van der Waals surface area contributed by atoms with E-state index >= 15 is 0 Å². The molecule has 1 aliphatic rings. The summed E-state index contributed by atoms with van der Waals surface area (Å²) in [4.78, 5) is 5.05. The van der Waals surface area contributed by atoms with Crippen LogP contribution in [0.4, 0.5) is 5.69 Å². The van der Waals surface area contributed by atoms with Gasteiger partial charge in [-0.15, -0.1) is 5.10 Å². The van der Waals surface area contributed by atoms with E-state index in [0.717, 1.165) is 38.4 Å². The van der Waals surface area contributed by atoms with E-state index in [1.807, 2.05) is 4.68 Å². The van der Waals surface area contributed by atoms with Crippen molar-refractivity contribution in [2.45, 2.75) is 52.6 Å². The number of aryl methyl sites for hydroxylation is 1. The topological polar surface area (TPSA) is 50.1 Å². The van der Waals surface area contributed by atoms with Gasteiger partial charge < -0.3 is 4.90 Å². The minimum Gasteiger partial charge on any atom is -0.369 e. The van der Waals surface area contributed by atoms with Crippen molar-refractivity contribution >= 4 is 5.69 Å². The number of rotatable bonds is 6. The molecule has 0 spiro atoms. The van der Waals surface area contributed by atoms with Crippen molar-refractivity contribution in [2.75, 3.05) is 31.1 Å². The fourth-order valence-corrected chi connectivity index (χ4v) is 4.40. The summed E-state index contributed by atoms with van der Waals surface area (Å²) < 4.78 is 2.03. The molecule has 0 N–H and O–H groups in total. The van der Waals surface area contributed by atoms with Gasteiger partial charge in [-0.1, -0.05) is 49.4 Å². The van der Waals surface area contributed by atoms with Crippen molar-refractivity contribution in [3.05, 3.63) is 71.0 Å². The van der Waals surface area contributed by atoms with Gasteiger partial charge >= 0.3 is 0 Å². The normalized spacial score (nSPS) is 16.5. The highest BCUT2D eigenvalue weighted by atomic mass is 15.6. The number of hydrogen-bond acceptors (Lipinski definition) is 5. The summed E-state index contributed by atoms with van der Waals surface area (Å²) in [5, 5.41) is 13.0. The molecule has 31 heavy (non-hydrogen) atoms. The fraction of sp³-hybridized carbons (Fsp3) is 0.480. The predicted octanol–water partition coefficient (Wildman–Crippen LogP) is 4.35. The molecule has 164 valence electrons. The van der Waals surface area contributed by atoms with Crippen LogP contribution in [0.3, 0.4) is 0 Å². The number of aromatic nitrogens is 4. The van der Waals surface area contributed by atoms with Crippen molar-refractivity contribution in [1.29, 1.82) is 0 Å². The molecule has 6 nitrogen and oxygen atoms in total. The third-order valence-electron chi connectivity index (χ3n) is 6.89. The molecule has 0 amide bonds. The van der Waals surface area contributed by atoms with Crippen molar-refractivity contribution in [3.8, 4) is 0 Å². The first-order valence-corrected chi connectivity index (χ1v) is 11.3. The molecule has 0 bridgehead atoms. The monoisotopic (exact) mass is 418 g/mol. The van der Waals surface area contributed by atoms with Gasteiger partial charge in [0.1, 0.15) is 0 Å². The summed E-state index contributed by atoms with van der Waals surface area (Å²) in [6.45, 7) is 14.9. The molecule has 0 radical (unpaired) electrons. The van der Waals surface area contributed by atoms with Crippen LogP contribution in [-0.4, -0.2) is 51.3 Å². The average Bonchev–Trinajstić information content (AvgIpc) is 3.28. The largest absolute Gasteiger partial charge is 0.369 e. The average molecular weight is 419 g/mol. The van der Waals surface area contributed by atoms with Gasteiger partial charge in [-0.05, 0) is 67.3 Å². The van der Waals surface area contributed by atoms with Gasteiger partial charge in [-0.2, -0.15) is 0 Å². The summed E-state index contributed by atoms with van der Waals surface area (Å²) in [7, 11) is 0. The number of nitrogens with zero attached hydrogens (tertiary/aromatic N) is 6. The first-order valence-electron chi connectivity index (χ1n) is 11.3. The first-order chi connectivity index (χ1) is 14.9.